The van der Waals surface area contributed by atoms with E-state index in [1.54, 1.807) is 30.3 Å². The standard InChI is InChI=1S/C24H22ClN3O3/c1-16-5-3-4-6-19(16)15-31-21-11-8-18(9-12-21)14-26-28-24(30)23(29)27-20-10-7-17(2)22(25)13-20/h3-14H,15H2,1-2H3,(H,27,29)(H,28,30)/b26-14+. The lowest BCUT2D eigenvalue weighted by atomic mass is 10.1. The van der Waals surface area contributed by atoms with E-state index in [4.69, 9.17) is 16.3 Å². The van der Waals surface area contributed by atoms with Crippen molar-refractivity contribution in [2.24, 2.45) is 5.10 Å². The van der Waals surface area contributed by atoms with Crippen LogP contribution in [0, 0.1) is 13.8 Å². The lowest BCUT2D eigenvalue weighted by molar-refractivity contribution is -0.136. The van der Waals surface area contributed by atoms with Gasteiger partial charge in [0, 0.05) is 10.7 Å². The summed E-state index contributed by atoms with van der Waals surface area (Å²) in [5, 5.41) is 6.79. The third kappa shape index (κ3) is 6.42. The number of ether oxygens (including phenoxy) is 1. The number of halogens is 1. The van der Waals surface area contributed by atoms with Crippen LogP contribution in [-0.2, 0) is 16.2 Å². The van der Waals surface area contributed by atoms with Crippen LogP contribution >= 0.6 is 11.6 Å². The number of nitrogens with one attached hydrogen (secondary N) is 2. The van der Waals surface area contributed by atoms with Gasteiger partial charge in [-0.1, -0.05) is 41.9 Å². The Morgan fingerprint density at radius 1 is 0.968 bits per heavy atom. The highest BCUT2D eigenvalue weighted by Crippen LogP contribution is 2.20. The number of benzene rings is 3. The predicted molar refractivity (Wildman–Crippen MR) is 123 cm³/mol. The summed E-state index contributed by atoms with van der Waals surface area (Å²) in [6.45, 7) is 4.37. The van der Waals surface area contributed by atoms with Gasteiger partial charge in [0.15, 0.2) is 0 Å². The molecule has 0 heterocycles. The Hall–Kier alpha value is -3.64. The minimum Gasteiger partial charge on any atom is -0.489 e. The van der Waals surface area contributed by atoms with Crippen LogP contribution in [0.4, 0.5) is 5.69 Å². The fourth-order valence-electron chi connectivity index (χ4n) is 2.66. The molecule has 31 heavy (non-hydrogen) atoms. The highest BCUT2D eigenvalue weighted by Gasteiger charge is 2.13. The molecule has 0 saturated carbocycles. The SMILES string of the molecule is Cc1ccc(NC(=O)C(=O)N/N=C/c2ccc(OCc3ccccc3C)cc2)cc1Cl. The molecule has 158 valence electrons. The Labute approximate surface area is 185 Å². The minimum atomic E-state index is -0.883. The number of amides is 2. The second-order valence-corrected chi connectivity index (χ2v) is 7.31. The molecule has 0 atom stereocenters. The Balaban J connectivity index is 1.48. The van der Waals surface area contributed by atoms with Gasteiger partial charge in [0.2, 0.25) is 0 Å². The van der Waals surface area contributed by atoms with Crippen molar-refractivity contribution in [3.8, 4) is 5.75 Å². The number of hydrogen-bond acceptors (Lipinski definition) is 4. The van der Waals surface area contributed by atoms with E-state index in [9.17, 15) is 9.59 Å². The van der Waals surface area contributed by atoms with Crippen molar-refractivity contribution in [2.45, 2.75) is 20.5 Å². The van der Waals surface area contributed by atoms with E-state index in [0.29, 0.717) is 17.3 Å². The summed E-state index contributed by atoms with van der Waals surface area (Å²) in [4.78, 5) is 23.9. The van der Waals surface area contributed by atoms with Crippen LogP contribution < -0.4 is 15.5 Å². The molecule has 0 aliphatic carbocycles. The molecule has 3 aromatic rings. The minimum absolute atomic E-state index is 0.431. The third-order valence-corrected chi connectivity index (χ3v) is 4.96. The summed E-state index contributed by atoms with van der Waals surface area (Å²) in [7, 11) is 0. The number of anilines is 1. The normalized spacial score (nSPS) is 10.7. The largest absolute Gasteiger partial charge is 0.489 e. The van der Waals surface area contributed by atoms with Gasteiger partial charge in [-0.25, -0.2) is 5.43 Å². The summed E-state index contributed by atoms with van der Waals surface area (Å²) in [5.41, 5.74) is 6.55. The fourth-order valence-corrected chi connectivity index (χ4v) is 2.84. The molecule has 2 N–H and O–H groups in total. The van der Waals surface area contributed by atoms with Gasteiger partial charge >= 0.3 is 11.8 Å². The second-order valence-electron chi connectivity index (χ2n) is 6.90. The maximum absolute atomic E-state index is 12.0. The monoisotopic (exact) mass is 435 g/mol. The average molecular weight is 436 g/mol. The van der Waals surface area contributed by atoms with Crippen molar-refractivity contribution in [1.82, 2.24) is 5.43 Å². The Kier molecular flexibility index (Phi) is 7.40. The van der Waals surface area contributed by atoms with Gasteiger partial charge in [0.1, 0.15) is 12.4 Å². The average Bonchev–Trinajstić information content (AvgIpc) is 2.76. The van der Waals surface area contributed by atoms with Crippen molar-refractivity contribution in [3.05, 3.63) is 94.0 Å². The maximum atomic E-state index is 12.0. The van der Waals surface area contributed by atoms with Crippen molar-refractivity contribution in [2.75, 3.05) is 5.32 Å². The van der Waals surface area contributed by atoms with Crippen molar-refractivity contribution in [1.29, 1.82) is 0 Å². The van der Waals surface area contributed by atoms with Crippen LogP contribution in [0.3, 0.4) is 0 Å². The van der Waals surface area contributed by atoms with Crippen LogP contribution in [0.25, 0.3) is 0 Å². The number of hydrazone groups is 1. The molecule has 0 aromatic heterocycles. The molecule has 0 saturated heterocycles. The zero-order valence-corrected chi connectivity index (χ0v) is 17.9. The molecule has 7 heteroatoms. The van der Waals surface area contributed by atoms with Crippen LogP contribution in [-0.4, -0.2) is 18.0 Å². The van der Waals surface area contributed by atoms with Gasteiger partial charge in [-0.15, -0.1) is 0 Å². The summed E-state index contributed by atoms with van der Waals surface area (Å²) < 4.78 is 5.80. The molecule has 3 aromatic carbocycles. The predicted octanol–water partition coefficient (Wildman–Crippen LogP) is 4.62. The molecule has 0 radical (unpaired) electrons. The Bertz CT molecular complexity index is 1110. The van der Waals surface area contributed by atoms with Crippen LogP contribution in [0.1, 0.15) is 22.3 Å². The van der Waals surface area contributed by atoms with Crippen molar-refractivity contribution >= 4 is 35.3 Å². The maximum Gasteiger partial charge on any atom is 0.329 e. The number of carbonyl (C=O) groups is 2. The number of hydrogen-bond donors (Lipinski definition) is 2. The summed E-state index contributed by atoms with van der Waals surface area (Å²) in [6.07, 6.45) is 1.44. The lowest BCUT2D eigenvalue weighted by Crippen LogP contribution is -2.32. The zero-order valence-electron chi connectivity index (χ0n) is 17.2. The molecular formula is C24H22ClN3O3. The smallest absolute Gasteiger partial charge is 0.329 e. The molecule has 2 amide bonds. The van der Waals surface area contributed by atoms with Gasteiger partial charge in [-0.2, -0.15) is 5.10 Å². The first-order chi connectivity index (χ1) is 14.9. The molecule has 3 rings (SSSR count). The summed E-state index contributed by atoms with van der Waals surface area (Å²) in [5.74, 6) is -0.997. The van der Waals surface area contributed by atoms with Gasteiger partial charge in [0.25, 0.3) is 0 Å². The fraction of sp³-hybridized carbons (Fsp3) is 0.125. The molecule has 0 fully saturated rings. The molecular weight excluding hydrogens is 414 g/mol. The van der Waals surface area contributed by atoms with E-state index in [1.807, 2.05) is 50.2 Å². The first kappa shape index (κ1) is 22.1. The van der Waals surface area contributed by atoms with Crippen molar-refractivity contribution < 1.29 is 14.3 Å². The number of rotatable bonds is 6. The van der Waals surface area contributed by atoms with Gasteiger partial charge in [0.05, 0.1) is 6.21 Å². The molecule has 6 nitrogen and oxygen atoms in total. The van der Waals surface area contributed by atoms with E-state index in [0.717, 1.165) is 22.4 Å². The Morgan fingerprint density at radius 3 is 2.42 bits per heavy atom. The van der Waals surface area contributed by atoms with Gasteiger partial charge in [-0.05, 0) is 72.5 Å². The van der Waals surface area contributed by atoms with Crippen LogP contribution in [0.5, 0.6) is 5.75 Å². The topological polar surface area (TPSA) is 79.8 Å². The van der Waals surface area contributed by atoms with Gasteiger partial charge in [-0.3, -0.25) is 9.59 Å². The highest BCUT2D eigenvalue weighted by molar-refractivity contribution is 6.39. The van der Waals surface area contributed by atoms with E-state index >= 15 is 0 Å². The molecule has 0 aliphatic rings. The van der Waals surface area contributed by atoms with E-state index < -0.39 is 11.8 Å². The quantitative estimate of drug-likeness (QED) is 0.336. The third-order valence-electron chi connectivity index (χ3n) is 4.55. The van der Waals surface area contributed by atoms with Crippen molar-refractivity contribution in [3.63, 3.8) is 0 Å². The Morgan fingerprint density at radius 2 is 1.71 bits per heavy atom. The molecule has 0 bridgehead atoms. The highest BCUT2D eigenvalue weighted by atomic mass is 35.5. The van der Waals surface area contributed by atoms with Crippen LogP contribution in [0.15, 0.2) is 71.8 Å². The summed E-state index contributed by atoms with van der Waals surface area (Å²) >= 11 is 6.01. The summed E-state index contributed by atoms with van der Waals surface area (Å²) in [6, 6.07) is 20.3. The molecule has 0 unspecified atom stereocenters. The number of nitrogens with zero attached hydrogens (tertiary/aromatic N) is 1. The first-order valence-electron chi connectivity index (χ1n) is 9.60. The van der Waals surface area contributed by atoms with Crippen LogP contribution in [0.2, 0.25) is 5.02 Å². The number of carbonyl (C=O) groups excluding carboxylic acids is 2. The molecule has 0 spiro atoms. The van der Waals surface area contributed by atoms with E-state index in [-0.39, 0.29) is 0 Å². The van der Waals surface area contributed by atoms with Gasteiger partial charge < -0.3 is 10.1 Å². The first-order valence-corrected chi connectivity index (χ1v) is 9.98. The van der Waals surface area contributed by atoms with E-state index in [1.165, 1.54) is 11.8 Å². The number of aryl methyl sites for hydroxylation is 2. The zero-order chi connectivity index (χ0) is 22.2. The lowest BCUT2D eigenvalue weighted by Gasteiger charge is -2.08. The molecule has 0 aliphatic heterocycles. The van der Waals surface area contributed by atoms with E-state index in [2.05, 4.69) is 15.8 Å². The second kappa shape index (κ2) is 10.4.